The van der Waals surface area contributed by atoms with Gasteiger partial charge < -0.3 is 10.1 Å². The molecule has 0 heterocycles. The zero-order valence-corrected chi connectivity index (χ0v) is 12.0. The fraction of sp³-hybridized carbons (Fsp3) is 0.600. The maximum absolute atomic E-state index is 6.00. The summed E-state index contributed by atoms with van der Waals surface area (Å²) in [5.74, 6) is 1.73. The standard InChI is InChI=1S/C15H22ClNO/c1-3-8-17-15(12-4-5-12)10-18-13-6-7-14(16)11(2)9-13/h6-7,9,12,15,17H,3-5,8,10H2,1-2H3. The molecular weight excluding hydrogens is 246 g/mol. The Morgan fingerprint density at radius 3 is 2.83 bits per heavy atom. The van der Waals surface area contributed by atoms with Crippen LogP contribution in [-0.2, 0) is 0 Å². The fourth-order valence-electron chi connectivity index (χ4n) is 2.08. The summed E-state index contributed by atoms with van der Waals surface area (Å²) in [6.07, 6.45) is 3.85. The second-order valence-corrected chi connectivity index (χ2v) is 5.53. The molecule has 0 bridgehead atoms. The molecule has 0 spiro atoms. The minimum absolute atomic E-state index is 0.501. The largest absolute Gasteiger partial charge is 0.492 e. The summed E-state index contributed by atoms with van der Waals surface area (Å²) in [4.78, 5) is 0. The van der Waals surface area contributed by atoms with Gasteiger partial charge in [-0.15, -0.1) is 0 Å². The number of rotatable bonds is 7. The molecule has 2 rings (SSSR count). The van der Waals surface area contributed by atoms with E-state index in [0.29, 0.717) is 6.04 Å². The minimum atomic E-state index is 0.501. The minimum Gasteiger partial charge on any atom is -0.492 e. The van der Waals surface area contributed by atoms with Crippen molar-refractivity contribution in [3.05, 3.63) is 28.8 Å². The lowest BCUT2D eigenvalue weighted by atomic mass is 10.2. The average Bonchev–Trinajstić information content (AvgIpc) is 3.18. The van der Waals surface area contributed by atoms with Crippen LogP contribution in [0.5, 0.6) is 5.75 Å². The van der Waals surface area contributed by atoms with E-state index in [0.717, 1.165) is 35.4 Å². The lowest BCUT2D eigenvalue weighted by molar-refractivity contribution is 0.249. The number of ether oxygens (including phenoxy) is 1. The number of hydrogen-bond donors (Lipinski definition) is 1. The van der Waals surface area contributed by atoms with Gasteiger partial charge >= 0.3 is 0 Å². The third-order valence-electron chi connectivity index (χ3n) is 3.41. The van der Waals surface area contributed by atoms with Crippen molar-refractivity contribution in [3.63, 3.8) is 0 Å². The third kappa shape index (κ3) is 3.89. The summed E-state index contributed by atoms with van der Waals surface area (Å²) in [6.45, 7) is 6.03. The first-order valence-corrected chi connectivity index (χ1v) is 7.21. The molecule has 0 aromatic heterocycles. The Balaban J connectivity index is 1.86. The predicted octanol–water partition coefficient (Wildman–Crippen LogP) is 3.81. The topological polar surface area (TPSA) is 21.3 Å². The van der Waals surface area contributed by atoms with Crippen LogP contribution in [0, 0.1) is 12.8 Å². The van der Waals surface area contributed by atoms with Crippen LogP contribution in [-0.4, -0.2) is 19.2 Å². The second kappa shape index (κ2) is 6.44. The molecule has 100 valence electrons. The highest BCUT2D eigenvalue weighted by molar-refractivity contribution is 6.31. The van der Waals surface area contributed by atoms with Crippen LogP contribution in [0.4, 0.5) is 0 Å². The predicted molar refractivity (Wildman–Crippen MR) is 76.5 cm³/mol. The summed E-state index contributed by atoms with van der Waals surface area (Å²) >= 11 is 6.00. The Morgan fingerprint density at radius 2 is 2.22 bits per heavy atom. The normalized spacial score (nSPS) is 16.6. The smallest absolute Gasteiger partial charge is 0.119 e. The van der Waals surface area contributed by atoms with Gasteiger partial charge in [0, 0.05) is 11.1 Å². The summed E-state index contributed by atoms with van der Waals surface area (Å²) in [7, 11) is 0. The highest BCUT2D eigenvalue weighted by Crippen LogP contribution is 2.33. The van der Waals surface area contributed by atoms with E-state index in [9.17, 15) is 0 Å². The molecule has 18 heavy (non-hydrogen) atoms. The van der Waals surface area contributed by atoms with E-state index in [-0.39, 0.29) is 0 Å². The van der Waals surface area contributed by atoms with Gasteiger partial charge in [-0.2, -0.15) is 0 Å². The molecule has 1 aromatic carbocycles. The Morgan fingerprint density at radius 1 is 1.44 bits per heavy atom. The molecule has 1 unspecified atom stereocenters. The molecule has 1 fully saturated rings. The maximum Gasteiger partial charge on any atom is 0.119 e. The van der Waals surface area contributed by atoms with E-state index in [1.165, 1.54) is 19.3 Å². The van der Waals surface area contributed by atoms with Crippen LogP contribution in [0.1, 0.15) is 31.7 Å². The van der Waals surface area contributed by atoms with Crippen molar-refractivity contribution in [1.29, 1.82) is 0 Å². The molecule has 1 aromatic rings. The second-order valence-electron chi connectivity index (χ2n) is 5.12. The van der Waals surface area contributed by atoms with Gasteiger partial charge in [-0.3, -0.25) is 0 Å². The van der Waals surface area contributed by atoms with Gasteiger partial charge in [-0.1, -0.05) is 18.5 Å². The maximum atomic E-state index is 6.00. The van der Waals surface area contributed by atoms with Crippen LogP contribution in [0.2, 0.25) is 5.02 Å². The summed E-state index contributed by atoms with van der Waals surface area (Å²) in [5, 5.41) is 4.37. The van der Waals surface area contributed by atoms with Crippen LogP contribution in [0.3, 0.4) is 0 Å². The Hall–Kier alpha value is -0.730. The van der Waals surface area contributed by atoms with Gasteiger partial charge in [0.1, 0.15) is 12.4 Å². The van der Waals surface area contributed by atoms with Crippen molar-refractivity contribution in [2.75, 3.05) is 13.2 Å². The molecule has 1 atom stereocenters. The van der Waals surface area contributed by atoms with Crippen molar-refractivity contribution in [1.82, 2.24) is 5.32 Å². The van der Waals surface area contributed by atoms with Crippen LogP contribution in [0.25, 0.3) is 0 Å². The number of benzene rings is 1. The molecule has 0 amide bonds. The summed E-state index contributed by atoms with van der Waals surface area (Å²) in [5.41, 5.74) is 1.07. The first-order chi connectivity index (χ1) is 8.70. The van der Waals surface area contributed by atoms with E-state index < -0.39 is 0 Å². The summed E-state index contributed by atoms with van der Waals surface area (Å²) in [6, 6.07) is 6.35. The van der Waals surface area contributed by atoms with Gasteiger partial charge in [-0.25, -0.2) is 0 Å². The zero-order valence-electron chi connectivity index (χ0n) is 11.2. The molecule has 1 saturated carbocycles. The molecule has 0 saturated heterocycles. The van der Waals surface area contributed by atoms with Crippen molar-refractivity contribution in [2.24, 2.45) is 5.92 Å². The Kier molecular flexibility index (Phi) is 4.90. The lowest BCUT2D eigenvalue weighted by Crippen LogP contribution is -2.37. The molecule has 1 aliphatic carbocycles. The molecular formula is C15H22ClNO. The highest BCUT2D eigenvalue weighted by Gasteiger charge is 2.31. The first-order valence-electron chi connectivity index (χ1n) is 6.83. The van der Waals surface area contributed by atoms with Crippen LogP contribution >= 0.6 is 11.6 Å². The zero-order chi connectivity index (χ0) is 13.0. The first kappa shape index (κ1) is 13.7. The monoisotopic (exact) mass is 267 g/mol. The van der Waals surface area contributed by atoms with E-state index in [1.54, 1.807) is 0 Å². The molecule has 3 heteroatoms. The van der Waals surface area contributed by atoms with Gasteiger partial charge in [0.15, 0.2) is 0 Å². The molecule has 0 radical (unpaired) electrons. The number of nitrogens with one attached hydrogen (secondary N) is 1. The van der Waals surface area contributed by atoms with E-state index in [1.807, 2.05) is 25.1 Å². The molecule has 0 aliphatic heterocycles. The van der Waals surface area contributed by atoms with E-state index in [2.05, 4.69) is 12.2 Å². The number of halogens is 1. The van der Waals surface area contributed by atoms with Crippen molar-refractivity contribution >= 4 is 11.6 Å². The van der Waals surface area contributed by atoms with Crippen molar-refractivity contribution < 1.29 is 4.74 Å². The van der Waals surface area contributed by atoms with Crippen molar-refractivity contribution in [2.45, 2.75) is 39.2 Å². The average molecular weight is 268 g/mol. The van der Waals surface area contributed by atoms with Crippen LogP contribution in [0.15, 0.2) is 18.2 Å². The lowest BCUT2D eigenvalue weighted by Gasteiger charge is -2.18. The Bertz CT molecular complexity index is 390. The van der Waals surface area contributed by atoms with E-state index >= 15 is 0 Å². The third-order valence-corrected chi connectivity index (χ3v) is 3.83. The van der Waals surface area contributed by atoms with E-state index in [4.69, 9.17) is 16.3 Å². The highest BCUT2D eigenvalue weighted by atomic mass is 35.5. The quantitative estimate of drug-likeness (QED) is 0.811. The SMILES string of the molecule is CCCNC(COc1ccc(Cl)c(C)c1)C1CC1. The summed E-state index contributed by atoms with van der Waals surface area (Å²) < 4.78 is 5.88. The van der Waals surface area contributed by atoms with Gasteiger partial charge in [0.05, 0.1) is 0 Å². The van der Waals surface area contributed by atoms with Crippen LogP contribution < -0.4 is 10.1 Å². The molecule has 1 aliphatic rings. The number of aryl methyl sites for hydroxylation is 1. The Labute approximate surface area is 115 Å². The van der Waals surface area contributed by atoms with Crippen molar-refractivity contribution in [3.8, 4) is 5.75 Å². The fourth-order valence-corrected chi connectivity index (χ4v) is 2.20. The van der Waals surface area contributed by atoms with Gasteiger partial charge in [0.2, 0.25) is 0 Å². The molecule has 2 nitrogen and oxygen atoms in total. The van der Waals surface area contributed by atoms with Gasteiger partial charge in [-0.05, 0) is 62.4 Å². The van der Waals surface area contributed by atoms with Gasteiger partial charge in [0.25, 0.3) is 0 Å². The molecule has 1 N–H and O–H groups in total. The number of hydrogen-bond acceptors (Lipinski definition) is 2.